The molecule has 4 nitrogen and oxygen atoms in total. The number of aromatic nitrogens is 1. The van der Waals surface area contributed by atoms with Gasteiger partial charge in [0, 0.05) is 10.6 Å². The zero-order chi connectivity index (χ0) is 14.8. The predicted molar refractivity (Wildman–Crippen MR) is 79.8 cm³/mol. The Bertz CT molecular complexity index is 869. The summed E-state index contributed by atoms with van der Waals surface area (Å²) in [5.41, 5.74) is 0.958. The number of rotatable bonds is 3. The first kappa shape index (κ1) is 13.5. The molecule has 0 bridgehead atoms. The van der Waals surface area contributed by atoms with Crippen molar-refractivity contribution in [2.45, 2.75) is 6.42 Å². The second kappa shape index (κ2) is 5.50. The Balaban J connectivity index is 1.94. The lowest BCUT2D eigenvalue weighted by molar-refractivity contribution is 0.0991. The van der Waals surface area contributed by atoms with Crippen LogP contribution in [0.15, 0.2) is 57.7 Å². The van der Waals surface area contributed by atoms with Gasteiger partial charge in [-0.15, -0.1) is 0 Å². The average Bonchev–Trinajstić information content (AvgIpc) is 2.48. The van der Waals surface area contributed by atoms with E-state index in [2.05, 4.69) is 4.98 Å². The van der Waals surface area contributed by atoms with Crippen LogP contribution in [0.25, 0.3) is 11.1 Å². The molecular weight excluding hydrogens is 290 g/mol. The molecule has 0 aliphatic rings. The van der Waals surface area contributed by atoms with Crippen molar-refractivity contribution < 1.29 is 9.21 Å². The molecule has 0 aliphatic heterocycles. The molecule has 0 N–H and O–H groups in total. The van der Waals surface area contributed by atoms with E-state index in [1.54, 1.807) is 48.5 Å². The number of hydrogen-bond acceptors (Lipinski definition) is 4. The maximum atomic E-state index is 12.2. The maximum Gasteiger partial charge on any atom is 0.358 e. The molecule has 0 amide bonds. The predicted octanol–water partition coefficient (Wildman–Crippen LogP) is 3.27. The van der Waals surface area contributed by atoms with Crippen molar-refractivity contribution in [2.75, 3.05) is 0 Å². The highest BCUT2D eigenvalue weighted by Gasteiger charge is 2.13. The number of carbonyl (C=O) groups excluding carboxylic acids is 1. The van der Waals surface area contributed by atoms with E-state index in [1.165, 1.54) is 0 Å². The topological polar surface area (TPSA) is 60.2 Å². The van der Waals surface area contributed by atoms with Crippen LogP contribution in [0.5, 0.6) is 0 Å². The zero-order valence-corrected chi connectivity index (χ0v) is 11.6. The van der Waals surface area contributed by atoms with Gasteiger partial charge in [0.2, 0.25) is 0 Å². The van der Waals surface area contributed by atoms with Crippen LogP contribution in [0.4, 0.5) is 0 Å². The van der Waals surface area contributed by atoms with Crippen LogP contribution in [0, 0.1) is 0 Å². The average molecular weight is 300 g/mol. The van der Waals surface area contributed by atoms with Crippen LogP contribution in [0.1, 0.15) is 16.1 Å². The molecule has 0 saturated heterocycles. The normalized spacial score (nSPS) is 10.7. The number of fused-ring (bicyclic) bond motifs is 1. The molecule has 0 radical (unpaired) electrons. The highest BCUT2D eigenvalue weighted by molar-refractivity contribution is 6.30. The minimum Gasteiger partial charge on any atom is -0.420 e. The van der Waals surface area contributed by atoms with E-state index in [4.69, 9.17) is 16.0 Å². The van der Waals surface area contributed by atoms with Gasteiger partial charge in [0.1, 0.15) is 11.2 Å². The smallest absolute Gasteiger partial charge is 0.358 e. The monoisotopic (exact) mass is 299 g/mol. The van der Waals surface area contributed by atoms with Gasteiger partial charge >= 0.3 is 5.63 Å². The summed E-state index contributed by atoms with van der Waals surface area (Å²) < 4.78 is 5.16. The Morgan fingerprint density at radius 2 is 1.81 bits per heavy atom. The molecule has 0 spiro atoms. The van der Waals surface area contributed by atoms with E-state index >= 15 is 0 Å². The summed E-state index contributed by atoms with van der Waals surface area (Å²) in [6.07, 6.45) is -0.102. The minimum atomic E-state index is -0.587. The number of halogens is 1. The van der Waals surface area contributed by atoms with Crippen molar-refractivity contribution in [2.24, 2.45) is 0 Å². The van der Waals surface area contributed by atoms with Crippen molar-refractivity contribution in [1.29, 1.82) is 0 Å². The van der Waals surface area contributed by atoms with E-state index in [0.717, 1.165) is 0 Å². The summed E-state index contributed by atoms with van der Waals surface area (Å²) in [5.74, 6) is -0.207. The molecular formula is C16H10ClNO3. The Morgan fingerprint density at radius 1 is 1.10 bits per heavy atom. The summed E-state index contributed by atoms with van der Waals surface area (Å²) in [6.45, 7) is 0. The minimum absolute atomic E-state index is 0.102. The molecule has 3 rings (SSSR count). The Morgan fingerprint density at radius 3 is 2.57 bits per heavy atom. The van der Waals surface area contributed by atoms with E-state index in [9.17, 15) is 9.59 Å². The number of para-hydroxylation sites is 2. The second-order valence-corrected chi connectivity index (χ2v) is 4.96. The summed E-state index contributed by atoms with van der Waals surface area (Å²) in [5, 5.41) is 0.551. The summed E-state index contributed by atoms with van der Waals surface area (Å²) >= 11 is 5.78. The summed E-state index contributed by atoms with van der Waals surface area (Å²) in [4.78, 5) is 28.2. The fourth-order valence-electron chi connectivity index (χ4n) is 1.99. The van der Waals surface area contributed by atoms with Gasteiger partial charge in [0.15, 0.2) is 11.4 Å². The lowest BCUT2D eigenvalue weighted by atomic mass is 10.1. The van der Waals surface area contributed by atoms with E-state index in [-0.39, 0.29) is 17.9 Å². The van der Waals surface area contributed by atoms with Gasteiger partial charge in [-0.2, -0.15) is 0 Å². The lowest BCUT2D eigenvalue weighted by Crippen LogP contribution is -2.15. The third-order valence-corrected chi connectivity index (χ3v) is 3.31. The zero-order valence-electron chi connectivity index (χ0n) is 10.9. The van der Waals surface area contributed by atoms with Gasteiger partial charge in [0.25, 0.3) is 0 Å². The third-order valence-electron chi connectivity index (χ3n) is 3.05. The highest BCUT2D eigenvalue weighted by Crippen LogP contribution is 2.13. The van der Waals surface area contributed by atoms with Crippen LogP contribution in [-0.4, -0.2) is 10.8 Å². The Labute approximate surface area is 125 Å². The van der Waals surface area contributed by atoms with Crippen molar-refractivity contribution in [1.82, 2.24) is 4.98 Å². The molecule has 0 aliphatic carbocycles. The SMILES string of the molecule is O=C(Cc1nc2ccccc2oc1=O)c1ccc(Cl)cc1. The molecule has 1 heterocycles. The molecule has 0 unspecified atom stereocenters. The number of carbonyl (C=O) groups is 1. The van der Waals surface area contributed by atoms with Crippen LogP contribution >= 0.6 is 11.6 Å². The number of hydrogen-bond donors (Lipinski definition) is 0. The molecule has 3 aromatic rings. The maximum absolute atomic E-state index is 12.2. The standard InChI is InChI=1S/C16H10ClNO3/c17-11-7-5-10(6-8-11)14(19)9-13-16(20)21-15-4-2-1-3-12(15)18-13/h1-8H,9H2. The Hall–Kier alpha value is -2.46. The third kappa shape index (κ3) is 2.85. The van der Waals surface area contributed by atoms with E-state index < -0.39 is 5.63 Å². The van der Waals surface area contributed by atoms with Crippen LogP contribution in [0.2, 0.25) is 5.02 Å². The Kier molecular flexibility index (Phi) is 3.54. The molecule has 2 aromatic carbocycles. The number of benzene rings is 2. The first-order chi connectivity index (χ1) is 10.1. The van der Waals surface area contributed by atoms with Gasteiger partial charge < -0.3 is 4.42 Å². The first-order valence-electron chi connectivity index (χ1n) is 6.31. The van der Waals surface area contributed by atoms with Crippen molar-refractivity contribution in [3.63, 3.8) is 0 Å². The van der Waals surface area contributed by atoms with E-state index in [0.29, 0.717) is 21.7 Å². The van der Waals surface area contributed by atoms with Gasteiger partial charge in [-0.25, -0.2) is 9.78 Å². The first-order valence-corrected chi connectivity index (χ1v) is 6.69. The number of Topliss-reactive ketones (excluding diaryl/α,β-unsaturated/α-hetero) is 1. The summed E-state index contributed by atoms with van der Waals surface area (Å²) in [6, 6.07) is 13.4. The van der Waals surface area contributed by atoms with Gasteiger partial charge in [-0.3, -0.25) is 4.79 Å². The van der Waals surface area contributed by atoms with Crippen molar-refractivity contribution in [3.8, 4) is 0 Å². The lowest BCUT2D eigenvalue weighted by Gasteiger charge is -2.02. The fourth-order valence-corrected chi connectivity index (χ4v) is 2.11. The molecule has 0 fully saturated rings. The quantitative estimate of drug-likeness (QED) is 0.696. The largest absolute Gasteiger partial charge is 0.420 e. The highest BCUT2D eigenvalue weighted by atomic mass is 35.5. The molecule has 1 aromatic heterocycles. The molecule has 0 atom stereocenters. The second-order valence-electron chi connectivity index (χ2n) is 4.52. The molecule has 5 heteroatoms. The fraction of sp³-hybridized carbons (Fsp3) is 0.0625. The number of ketones is 1. The van der Waals surface area contributed by atoms with Crippen molar-refractivity contribution >= 4 is 28.5 Å². The van der Waals surface area contributed by atoms with E-state index in [1.807, 2.05) is 0 Å². The van der Waals surface area contributed by atoms with Gasteiger partial charge in [0.05, 0.1) is 6.42 Å². The van der Waals surface area contributed by atoms with Crippen molar-refractivity contribution in [3.05, 3.63) is 75.2 Å². The molecule has 0 saturated carbocycles. The summed E-state index contributed by atoms with van der Waals surface area (Å²) in [7, 11) is 0. The number of nitrogens with zero attached hydrogens (tertiary/aromatic N) is 1. The van der Waals surface area contributed by atoms with Crippen LogP contribution < -0.4 is 5.63 Å². The van der Waals surface area contributed by atoms with Gasteiger partial charge in [-0.1, -0.05) is 23.7 Å². The van der Waals surface area contributed by atoms with Crippen LogP contribution in [0.3, 0.4) is 0 Å². The molecule has 104 valence electrons. The molecule has 21 heavy (non-hydrogen) atoms. The van der Waals surface area contributed by atoms with Gasteiger partial charge in [-0.05, 0) is 36.4 Å². The van der Waals surface area contributed by atoms with Crippen LogP contribution in [-0.2, 0) is 6.42 Å².